The molecular formula is C20H15BN2O. The fourth-order valence-electron chi connectivity index (χ4n) is 2.63. The zero-order valence-electron chi connectivity index (χ0n) is 13.6. The largest absolute Gasteiger partial charge is 0.293 e. The molecule has 24 heavy (non-hydrogen) atoms. The van der Waals surface area contributed by atoms with E-state index in [2.05, 4.69) is 11.1 Å². The van der Waals surface area contributed by atoms with E-state index in [4.69, 9.17) is 0 Å². The van der Waals surface area contributed by atoms with Gasteiger partial charge in [-0.3, -0.25) is 4.79 Å². The van der Waals surface area contributed by atoms with Crippen molar-refractivity contribution in [1.29, 1.82) is 5.26 Å². The van der Waals surface area contributed by atoms with Crippen LogP contribution in [0.15, 0.2) is 60.7 Å². The topological polar surface area (TPSA) is 53.8 Å². The fourth-order valence-corrected chi connectivity index (χ4v) is 2.63. The van der Waals surface area contributed by atoms with E-state index in [0.717, 1.165) is 22.2 Å². The molecule has 0 atom stereocenters. The molecule has 0 bridgehead atoms. The van der Waals surface area contributed by atoms with Crippen LogP contribution in [0.5, 0.6) is 0 Å². The van der Waals surface area contributed by atoms with Crippen LogP contribution in [0.25, 0.3) is 22.4 Å². The zero-order valence-corrected chi connectivity index (χ0v) is 13.6. The van der Waals surface area contributed by atoms with Gasteiger partial charge in [0.2, 0.25) is 0 Å². The summed E-state index contributed by atoms with van der Waals surface area (Å²) in [6.07, 6.45) is 0. The van der Waals surface area contributed by atoms with E-state index in [1.54, 1.807) is 0 Å². The molecule has 0 N–H and O–H groups in total. The quantitative estimate of drug-likeness (QED) is 0.552. The minimum absolute atomic E-state index is 0.210. The van der Waals surface area contributed by atoms with Gasteiger partial charge < -0.3 is 0 Å². The average Bonchev–Trinajstić information content (AvgIpc) is 2.62. The number of Topliss-reactive ketones (excluding diaryl/α,β-unsaturated/α-hetero) is 1. The Morgan fingerprint density at radius 2 is 1.71 bits per heavy atom. The number of carbonyl (C=O) groups excluding carboxylic acids is 1. The Kier molecular flexibility index (Phi) is 4.26. The van der Waals surface area contributed by atoms with Crippen molar-refractivity contribution >= 4 is 19.1 Å². The Balaban J connectivity index is 2.29. The number of benzene rings is 2. The molecule has 1 heterocycles. The van der Waals surface area contributed by atoms with Crippen LogP contribution in [0, 0.1) is 11.3 Å². The molecule has 0 fully saturated rings. The molecule has 3 aromatic rings. The number of hydrogen-bond acceptors (Lipinski definition) is 3. The first-order valence-corrected chi connectivity index (χ1v) is 7.68. The monoisotopic (exact) mass is 310 g/mol. The van der Waals surface area contributed by atoms with Crippen LogP contribution in [0.2, 0.25) is 0 Å². The smallest absolute Gasteiger partial charge is 0.179 e. The van der Waals surface area contributed by atoms with Gasteiger partial charge in [-0.15, -0.1) is 0 Å². The van der Waals surface area contributed by atoms with Crippen molar-refractivity contribution in [3.05, 3.63) is 71.9 Å². The summed E-state index contributed by atoms with van der Waals surface area (Å²) in [6, 6.07) is 21.6. The Morgan fingerprint density at radius 3 is 2.29 bits per heavy atom. The third-order valence-corrected chi connectivity index (χ3v) is 3.90. The van der Waals surface area contributed by atoms with Crippen molar-refractivity contribution in [2.24, 2.45) is 0 Å². The van der Waals surface area contributed by atoms with E-state index in [0.29, 0.717) is 11.3 Å². The molecule has 0 amide bonds. The maximum atomic E-state index is 12.0. The lowest BCUT2D eigenvalue weighted by atomic mass is 9.93. The number of carbonyl (C=O) groups is 1. The molecule has 0 aliphatic rings. The SMILES string of the molecule is Bc1ccc(-c2cc(-c3ccccc3)c(C#N)c(C(C)=O)n2)cc1. The first-order valence-electron chi connectivity index (χ1n) is 7.68. The predicted molar refractivity (Wildman–Crippen MR) is 98.0 cm³/mol. The molecule has 0 aliphatic carbocycles. The minimum Gasteiger partial charge on any atom is -0.293 e. The average molecular weight is 310 g/mol. The van der Waals surface area contributed by atoms with Crippen molar-refractivity contribution in [3.63, 3.8) is 0 Å². The van der Waals surface area contributed by atoms with Crippen molar-refractivity contribution in [3.8, 4) is 28.5 Å². The lowest BCUT2D eigenvalue weighted by molar-refractivity contribution is 0.101. The summed E-state index contributed by atoms with van der Waals surface area (Å²) in [5, 5.41) is 9.57. The molecule has 114 valence electrons. The predicted octanol–water partition coefficient (Wildman–Crippen LogP) is 2.75. The number of pyridine rings is 1. The van der Waals surface area contributed by atoms with Crippen molar-refractivity contribution < 1.29 is 4.79 Å². The molecule has 0 radical (unpaired) electrons. The number of nitriles is 1. The van der Waals surface area contributed by atoms with E-state index in [1.807, 2.05) is 68.5 Å². The van der Waals surface area contributed by atoms with Gasteiger partial charge in [0.15, 0.2) is 5.78 Å². The van der Waals surface area contributed by atoms with Gasteiger partial charge in [-0.05, 0) is 11.6 Å². The second-order valence-corrected chi connectivity index (χ2v) is 5.68. The Morgan fingerprint density at radius 1 is 1.04 bits per heavy atom. The lowest BCUT2D eigenvalue weighted by Crippen LogP contribution is -2.05. The molecule has 3 nitrogen and oxygen atoms in total. The molecule has 3 rings (SSSR count). The van der Waals surface area contributed by atoms with Crippen LogP contribution in [-0.2, 0) is 0 Å². The number of rotatable bonds is 3. The standard InChI is InChI=1S/C20H15BN2O/c1-13(24)20-18(12-22)17(14-5-3-2-4-6-14)11-19(23-20)15-7-9-16(21)10-8-15/h2-11H,21H2,1H3. The molecule has 4 heteroatoms. The Hall–Kier alpha value is -3.19. The summed E-state index contributed by atoms with van der Waals surface area (Å²) < 4.78 is 0. The highest BCUT2D eigenvalue weighted by Gasteiger charge is 2.17. The van der Waals surface area contributed by atoms with E-state index in [-0.39, 0.29) is 11.5 Å². The summed E-state index contributed by atoms with van der Waals surface area (Å²) in [4.78, 5) is 16.5. The van der Waals surface area contributed by atoms with Gasteiger partial charge >= 0.3 is 0 Å². The fraction of sp³-hybridized carbons (Fsp3) is 0.0500. The van der Waals surface area contributed by atoms with Crippen molar-refractivity contribution in [2.75, 3.05) is 0 Å². The third-order valence-electron chi connectivity index (χ3n) is 3.90. The number of hydrogen-bond donors (Lipinski definition) is 0. The van der Waals surface area contributed by atoms with Crippen LogP contribution in [0.1, 0.15) is 23.0 Å². The molecule has 0 aliphatic heterocycles. The summed E-state index contributed by atoms with van der Waals surface area (Å²) in [6.45, 7) is 1.44. The number of ketones is 1. The van der Waals surface area contributed by atoms with Crippen molar-refractivity contribution in [1.82, 2.24) is 4.98 Å². The maximum absolute atomic E-state index is 12.0. The number of aromatic nitrogens is 1. The molecule has 0 spiro atoms. The summed E-state index contributed by atoms with van der Waals surface area (Å²) in [7, 11) is 2.02. The van der Waals surface area contributed by atoms with Crippen LogP contribution < -0.4 is 5.46 Å². The molecule has 0 saturated heterocycles. The van der Waals surface area contributed by atoms with E-state index in [9.17, 15) is 10.1 Å². The van der Waals surface area contributed by atoms with E-state index in [1.165, 1.54) is 6.92 Å². The van der Waals surface area contributed by atoms with Gasteiger partial charge in [0.1, 0.15) is 19.6 Å². The van der Waals surface area contributed by atoms with Crippen LogP contribution >= 0.6 is 0 Å². The van der Waals surface area contributed by atoms with Gasteiger partial charge in [-0.25, -0.2) is 4.98 Å². The summed E-state index contributed by atoms with van der Waals surface area (Å²) in [5.41, 5.74) is 4.94. The third kappa shape index (κ3) is 2.97. The highest BCUT2D eigenvalue weighted by atomic mass is 16.1. The molecule has 0 unspecified atom stereocenters. The minimum atomic E-state index is -0.210. The van der Waals surface area contributed by atoms with Crippen LogP contribution in [-0.4, -0.2) is 18.6 Å². The normalized spacial score (nSPS) is 10.2. The highest BCUT2D eigenvalue weighted by Crippen LogP contribution is 2.30. The van der Waals surface area contributed by atoms with Gasteiger partial charge in [-0.2, -0.15) is 5.26 Å². The molecule has 2 aromatic carbocycles. The maximum Gasteiger partial charge on any atom is 0.179 e. The van der Waals surface area contributed by atoms with E-state index >= 15 is 0 Å². The summed E-state index contributed by atoms with van der Waals surface area (Å²) >= 11 is 0. The molecular weight excluding hydrogens is 295 g/mol. The highest BCUT2D eigenvalue weighted by molar-refractivity contribution is 6.32. The van der Waals surface area contributed by atoms with Crippen LogP contribution in [0.4, 0.5) is 0 Å². The van der Waals surface area contributed by atoms with Crippen LogP contribution in [0.3, 0.4) is 0 Å². The lowest BCUT2D eigenvalue weighted by Gasteiger charge is -2.11. The van der Waals surface area contributed by atoms with Gasteiger partial charge in [0.25, 0.3) is 0 Å². The van der Waals surface area contributed by atoms with Crippen molar-refractivity contribution in [2.45, 2.75) is 6.92 Å². The second kappa shape index (κ2) is 6.51. The van der Waals surface area contributed by atoms with Gasteiger partial charge in [0.05, 0.1) is 11.3 Å². The Bertz CT molecular complexity index is 942. The van der Waals surface area contributed by atoms with Gasteiger partial charge in [-0.1, -0.05) is 60.1 Å². The zero-order chi connectivity index (χ0) is 17.1. The van der Waals surface area contributed by atoms with E-state index < -0.39 is 0 Å². The summed E-state index contributed by atoms with van der Waals surface area (Å²) in [5.74, 6) is -0.210. The van der Waals surface area contributed by atoms with Gasteiger partial charge in [0, 0.05) is 18.1 Å². The molecule has 1 aromatic heterocycles. The first kappa shape index (κ1) is 15.7. The number of nitrogens with zero attached hydrogens (tertiary/aromatic N) is 2. The molecule has 0 saturated carbocycles. The first-order chi connectivity index (χ1) is 11.6. The second-order valence-electron chi connectivity index (χ2n) is 5.68. The Labute approximate surface area is 142 Å².